The van der Waals surface area contributed by atoms with Crippen LogP contribution in [-0.4, -0.2) is 6.36 Å². The second-order valence-electron chi connectivity index (χ2n) is 3.03. The zero-order chi connectivity index (χ0) is 11.5. The first kappa shape index (κ1) is 11.6. The first-order valence-electron chi connectivity index (χ1n) is 4.46. The minimum atomic E-state index is -4.65. The topological polar surface area (TPSA) is 9.23 Å². The van der Waals surface area contributed by atoms with Crippen molar-refractivity contribution in [2.45, 2.75) is 19.7 Å². The molecule has 1 rings (SSSR count). The van der Waals surface area contributed by atoms with E-state index >= 15 is 0 Å². The molecule has 0 unspecified atom stereocenters. The van der Waals surface area contributed by atoms with E-state index in [1.807, 2.05) is 6.92 Å². The van der Waals surface area contributed by atoms with Crippen LogP contribution in [0.2, 0.25) is 0 Å². The summed E-state index contributed by atoms with van der Waals surface area (Å²) in [7, 11) is 0. The standard InChI is InChI=1S/C11H11F3O/c1-3-8(2)9-5-4-6-10(7-9)15-11(12,13)14/h4-7H,2-3H2,1H3. The fraction of sp³-hybridized carbons (Fsp3) is 0.273. The van der Waals surface area contributed by atoms with Gasteiger partial charge in [-0.05, 0) is 29.7 Å². The summed E-state index contributed by atoms with van der Waals surface area (Å²) >= 11 is 0. The summed E-state index contributed by atoms with van der Waals surface area (Å²) in [5.41, 5.74) is 1.45. The Hall–Kier alpha value is -1.45. The average Bonchev–Trinajstić information content (AvgIpc) is 2.14. The molecule has 0 spiro atoms. The second kappa shape index (κ2) is 4.38. The molecule has 82 valence electrons. The number of hydrogen-bond acceptors (Lipinski definition) is 1. The Morgan fingerprint density at radius 3 is 2.60 bits per heavy atom. The average molecular weight is 216 g/mol. The van der Waals surface area contributed by atoms with Crippen molar-refractivity contribution >= 4 is 5.57 Å². The van der Waals surface area contributed by atoms with Gasteiger partial charge in [0.05, 0.1) is 0 Å². The molecule has 0 saturated heterocycles. The first-order valence-corrected chi connectivity index (χ1v) is 4.46. The van der Waals surface area contributed by atoms with Gasteiger partial charge in [0, 0.05) is 0 Å². The van der Waals surface area contributed by atoms with E-state index in [4.69, 9.17) is 0 Å². The molecule has 15 heavy (non-hydrogen) atoms. The van der Waals surface area contributed by atoms with Gasteiger partial charge >= 0.3 is 6.36 Å². The molecule has 0 aliphatic carbocycles. The minimum Gasteiger partial charge on any atom is -0.406 e. The van der Waals surface area contributed by atoms with Crippen LogP contribution in [0.4, 0.5) is 13.2 Å². The molecule has 0 aliphatic rings. The van der Waals surface area contributed by atoms with E-state index in [2.05, 4.69) is 11.3 Å². The maximum atomic E-state index is 11.9. The highest BCUT2D eigenvalue weighted by molar-refractivity contribution is 5.64. The van der Waals surface area contributed by atoms with Gasteiger partial charge in [-0.3, -0.25) is 0 Å². The van der Waals surface area contributed by atoms with Crippen LogP contribution in [0.15, 0.2) is 30.8 Å². The summed E-state index contributed by atoms with van der Waals surface area (Å²) in [6.07, 6.45) is -3.96. The summed E-state index contributed by atoms with van der Waals surface area (Å²) in [6.45, 7) is 5.63. The largest absolute Gasteiger partial charge is 0.573 e. The zero-order valence-corrected chi connectivity index (χ0v) is 8.27. The van der Waals surface area contributed by atoms with E-state index in [-0.39, 0.29) is 5.75 Å². The molecule has 1 aromatic carbocycles. The van der Waals surface area contributed by atoms with Gasteiger partial charge in [-0.2, -0.15) is 0 Å². The lowest BCUT2D eigenvalue weighted by atomic mass is 10.1. The van der Waals surface area contributed by atoms with Crippen LogP contribution >= 0.6 is 0 Å². The predicted molar refractivity (Wildman–Crippen MR) is 52.5 cm³/mol. The summed E-state index contributed by atoms with van der Waals surface area (Å²) in [5, 5.41) is 0. The third-order valence-electron chi connectivity index (χ3n) is 1.90. The number of halogens is 3. The van der Waals surface area contributed by atoms with Crippen LogP contribution in [-0.2, 0) is 0 Å². The minimum absolute atomic E-state index is 0.213. The lowest BCUT2D eigenvalue weighted by molar-refractivity contribution is -0.274. The molecule has 0 amide bonds. The van der Waals surface area contributed by atoms with Crippen molar-refractivity contribution in [1.29, 1.82) is 0 Å². The molecule has 0 saturated carbocycles. The number of hydrogen-bond donors (Lipinski definition) is 0. The van der Waals surface area contributed by atoms with Crippen LogP contribution in [0.1, 0.15) is 18.9 Å². The van der Waals surface area contributed by atoms with Crippen LogP contribution in [0, 0.1) is 0 Å². The summed E-state index contributed by atoms with van der Waals surface area (Å²) in [5.74, 6) is -0.213. The summed E-state index contributed by atoms with van der Waals surface area (Å²) < 4.78 is 39.5. The van der Waals surface area contributed by atoms with Gasteiger partial charge < -0.3 is 4.74 Å². The smallest absolute Gasteiger partial charge is 0.406 e. The SMILES string of the molecule is C=C(CC)c1cccc(OC(F)(F)F)c1. The Balaban J connectivity index is 2.88. The lowest BCUT2D eigenvalue weighted by Crippen LogP contribution is -2.17. The summed E-state index contributed by atoms with van der Waals surface area (Å²) in [4.78, 5) is 0. The van der Waals surface area contributed by atoms with Gasteiger partial charge in [0.25, 0.3) is 0 Å². The number of ether oxygens (including phenoxy) is 1. The van der Waals surface area contributed by atoms with Crippen molar-refractivity contribution in [3.05, 3.63) is 36.4 Å². The molecular weight excluding hydrogens is 205 g/mol. The Labute approximate surface area is 86.2 Å². The van der Waals surface area contributed by atoms with Crippen molar-refractivity contribution < 1.29 is 17.9 Å². The Morgan fingerprint density at radius 2 is 2.07 bits per heavy atom. The lowest BCUT2D eigenvalue weighted by Gasteiger charge is -2.10. The zero-order valence-electron chi connectivity index (χ0n) is 8.27. The summed E-state index contributed by atoms with van der Waals surface area (Å²) in [6, 6.07) is 5.81. The van der Waals surface area contributed by atoms with Gasteiger partial charge in [-0.25, -0.2) is 0 Å². The van der Waals surface area contributed by atoms with Gasteiger partial charge in [0.15, 0.2) is 0 Å². The fourth-order valence-electron chi connectivity index (χ4n) is 1.12. The first-order chi connectivity index (χ1) is 6.92. The van der Waals surface area contributed by atoms with Crippen LogP contribution in [0.3, 0.4) is 0 Å². The number of rotatable bonds is 3. The third-order valence-corrected chi connectivity index (χ3v) is 1.90. The van der Waals surface area contributed by atoms with E-state index in [0.717, 1.165) is 5.57 Å². The monoisotopic (exact) mass is 216 g/mol. The Morgan fingerprint density at radius 1 is 1.40 bits per heavy atom. The van der Waals surface area contributed by atoms with Crippen LogP contribution < -0.4 is 4.74 Å². The molecule has 0 N–H and O–H groups in total. The van der Waals surface area contributed by atoms with E-state index < -0.39 is 6.36 Å². The second-order valence-corrected chi connectivity index (χ2v) is 3.03. The molecular formula is C11H11F3O. The van der Waals surface area contributed by atoms with Gasteiger partial charge in [-0.1, -0.05) is 25.6 Å². The highest BCUT2D eigenvalue weighted by Gasteiger charge is 2.31. The van der Waals surface area contributed by atoms with Crippen molar-refractivity contribution in [1.82, 2.24) is 0 Å². The van der Waals surface area contributed by atoms with E-state index in [9.17, 15) is 13.2 Å². The Bertz CT molecular complexity index is 355. The highest BCUT2D eigenvalue weighted by atomic mass is 19.4. The molecule has 0 radical (unpaired) electrons. The molecule has 4 heteroatoms. The van der Waals surface area contributed by atoms with E-state index in [1.165, 1.54) is 18.2 Å². The number of allylic oxidation sites excluding steroid dienone is 1. The molecule has 1 nitrogen and oxygen atoms in total. The third kappa shape index (κ3) is 3.65. The van der Waals surface area contributed by atoms with Crippen molar-refractivity contribution in [2.24, 2.45) is 0 Å². The molecule has 0 bridgehead atoms. The van der Waals surface area contributed by atoms with E-state index in [0.29, 0.717) is 12.0 Å². The molecule has 0 aliphatic heterocycles. The molecule has 0 aromatic heterocycles. The number of benzene rings is 1. The van der Waals surface area contributed by atoms with Gasteiger partial charge in [0.1, 0.15) is 5.75 Å². The van der Waals surface area contributed by atoms with Crippen molar-refractivity contribution in [2.75, 3.05) is 0 Å². The maximum absolute atomic E-state index is 11.9. The van der Waals surface area contributed by atoms with Crippen LogP contribution in [0.25, 0.3) is 5.57 Å². The van der Waals surface area contributed by atoms with Crippen molar-refractivity contribution in [3.63, 3.8) is 0 Å². The predicted octanol–water partition coefficient (Wildman–Crippen LogP) is 4.01. The van der Waals surface area contributed by atoms with Gasteiger partial charge in [0.2, 0.25) is 0 Å². The van der Waals surface area contributed by atoms with Crippen LogP contribution in [0.5, 0.6) is 5.75 Å². The van der Waals surface area contributed by atoms with E-state index in [1.54, 1.807) is 6.07 Å². The molecule has 0 heterocycles. The van der Waals surface area contributed by atoms with Crippen molar-refractivity contribution in [3.8, 4) is 5.75 Å². The van der Waals surface area contributed by atoms with Gasteiger partial charge in [-0.15, -0.1) is 13.2 Å². The molecule has 1 aromatic rings. The Kier molecular flexibility index (Phi) is 3.39. The fourth-order valence-corrected chi connectivity index (χ4v) is 1.12. The highest BCUT2D eigenvalue weighted by Crippen LogP contribution is 2.26. The maximum Gasteiger partial charge on any atom is 0.573 e. The number of alkyl halides is 3. The normalized spacial score (nSPS) is 11.2. The molecule has 0 fully saturated rings. The molecule has 0 atom stereocenters. The quantitative estimate of drug-likeness (QED) is 0.741.